The van der Waals surface area contributed by atoms with E-state index in [-0.39, 0.29) is 11.9 Å². The van der Waals surface area contributed by atoms with E-state index < -0.39 is 0 Å². The van der Waals surface area contributed by atoms with E-state index in [4.69, 9.17) is 0 Å². The molecule has 1 fully saturated rings. The summed E-state index contributed by atoms with van der Waals surface area (Å²) in [5.74, 6) is -0.00440. The van der Waals surface area contributed by atoms with Gasteiger partial charge in [-0.3, -0.25) is 9.78 Å². The zero-order valence-corrected chi connectivity index (χ0v) is 10.3. The van der Waals surface area contributed by atoms with Crippen LogP contribution in [0, 0.1) is 6.92 Å². The number of nitrogens with zero attached hydrogens (tertiary/aromatic N) is 3. The lowest BCUT2D eigenvalue weighted by Crippen LogP contribution is -2.41. The minimum absolute atomic E-state index is 0.00440. The zero-order chi connectivity index (χ0) is 12.3. The SMILES string of the molecule is CNCC1CCCN1C(=O)c1cnc(C)cn1. The van der Waals surface area contributed by atoms with Gasteiger partial charge >= 0.3 is 0 Å². The largest absolute Gasteiger partial charge is 0.333 e. The lowest BCUT2D eigenvalue weighted by atomic mass is 10.2. The van der Waals surface area contributed by atoms with E-state index in [1.807, 2.05) is 18.9 Å². The molecule has 0 aromatic carbocycles. The minimum atomic E-state index is -0.00440. The van der Waals surface area contributed by atoms with Crippen LogP contribution in [0.25, 0.3) is 0 Å². The van der Waals surface area contributed by atoms with Crippen LogP contribution in [0.5, 0.6) is 0 Å². The summed E-state index contributed by atoms with van der Waals surface area (Å²) >= 11 is 0. The molecule has 1 unspecified atom stereocenters. The molecule has 1 aromatic heterocycles. The van der Waals surface area contributed by atoms with Crippen molar-refractivity contribution in [3.8, 4) is 0 Å². The van der Waals surface area contributed by atoms with E-state index in [2.05, 4.69) is 15.3 Å². The normalized spacial score (nSPS) is 19.6. The maximum absolute atomic E-state index is 12.2. The average molecular weight is 234 g/mol. The Morgan fingerprint density at radius 3 is 3.00 bits per heavy atom. The maximum atomic E-state index is 12.2. The molecule has 17 heavy (non-hydrogen) atoms. The van der Waals surface area contributed by atoms with Crippen molar-refractivity contribution < 1.29 is 4.79 Å². The predicted molar refractivity (Wildman–Crippen MR) is 64.8 cm³/mol. The second kappa shape index (κ2) is 5.23. The summed E-state index contributed by atoms with van der Waals surface area (Å²) in [7, 11) is 1.91. The molecule has 0 spiro atoms. The number of hydrogen-bond donors (Lipinski definition) is 1. The quantitative estimate of drug-likeness (QED) is 0.832. The van der Waals surface area contributed by atoms with Crippen LogP contribution in [0.2, 0.25) is 0 Å². The van der Waals surface area contributed by atoms with Crippen LogP contribution in [-0.4, -0.2) is 47.0 Å². The van der Waals surface area contributed by atoms with Crippen LogP contribution < -0.4 is 5.32 Å². The number of carbonyl (C=O) groups excluding carboxylic acids is 1. The summed E-state index contributed by atoms with van der Waals surface area (Å²) in [6.45, 7) is 3.52. The van der Waals surface area contributed by atoms with Crippen molar-refractivity contribution in [1.82, 2.24) is 20.2 Å². The van der Waals surface area contributed by atoms with Gasteiger partial charge in [0.2, 0.25) is 0 Å². The lowest BCUT2D eigenvalue weighted by molar-refractivity contribution is 0.0730. The standard InChI is InChI=1S/C12H18N4O/c1-9-6-15-11(8-14-9)12(17)16-5-3-4-10(16)7-13-2/h6,8,10,13H,3-5,7H2,1-2H3. The van der Waals surface area contributed by atoms with Gasteiger partial charge in [0.1, 0.15) is 5.69 Å². The van der Waals surface area contributed by atoms with Gasteiger partial charge in [0.15, 0.2) is 0 Å². The van der Waals surface area contributed by atoms with E-state index in [9.17, 15) is 4.79 Å². The van der Waals surface area contributed by atoms with Crippen LogP contribution in [-0.2, 0) is 0 Å². The number of aryl methyl sites for hydroxylation is 1. The Morgan fingerprint density at radius 2 is 2.35 bits per heavy atom. The Hall–Kier alpha value is -1.49. The average Bonchev–Trinajstić information content (AvgIpc) is 2.78. The molecule has 92 valence electrons. The van der Waals surface area contributed by atoms with Crippen LogP contribution in [0.3, 0.4) is 0 Å². The molecule has 0 aliphatic carbocycles. The van der Waals surface area contributed by atoms with Crippen LogP contribution in [0.4, 0.5) is 0 Å². The van der Waals surface area contributed by atoms with Crippen molar-refractivity contribution >= 4 is 5.91 Å². The fourth-order valence-corrected chi connectivity index (χ4v) is 2.20. The molecule has 5 heteroatoms. The van der Waals surface area contributed by atoms with Crippen molar-refractivity contribution in [2.45, 2.75) is 25.8 Å². The molecular weight excluding hydrogens is 216 g/mol. The number of likely N-dealkylation sites (tertiary alicyclic amines) is 1. The van der Waals surface area contributed by atoms with Crippen molar-refractivity contribution in [2.24, 2.45) is 0 Å². The van der Waals surface area contributed by atoms with E-state index >= 15 is 0 Å². The summed E-state index contributed by atoms with van der Waals surface area (Å²) in [4.78, 5) is 22.4. The fraction of sp³-hybridized carbons (Fsp3) is 0.583. The van der Waals surface area contributed by atoms with Crippen LogP contribution in [0.1, 0.15) is 29.0 Å². The molecular formula is C12H18N4O. The molecule has 0 radical (unpaired) electrons. The topological polar surface area (TPSA) is 58.1 Å². The van der Waals surface area contributed by atoms with Crippen LogP contribution >= 0.6 is 0 Å². The highest BCUT2D eigenvalue weighted by Crippen LogP contribution is 2.18. The van der Waals surface area contributed by atoms with Gasteiger partial charge in [-0.25, -0.2) is 4.98 Å². The van der Waals surface area contributed by atoms with Gasteiger partial charge in [-0.15, -0.1) is 0 Å². The Labute approximate surface area is 101 Å². The van der Waals surface area contributed by atoms with Gasteiger partial charge in [-0.1, -0.05) is 0 Å². The Kier molecular flexibility index (Phi) is 3.68. The maximum Gasteiger partial charge on any atom is 0.274 e. The molecule has 2 rings (SSSR count). The third-order valence-electron chi connectivity index (χ3n) is 3.08. The second-order valence-corrected chi connectivity index (χ2v) is 4.40. The number of likely N-dealkylation sites (N-methyl/N-ethyl adjacent to an activating group) is 1. The molecule has 1 aliphatic rings. The first kappa shape index (κ1) is 12.0. The monoisotopic (exact) mass is 234 g/mol. The van der Waals surface area contributed by atoms with Crippen molar-refractivity contribution in [3.63, 3.8) is 0 Å². The van der Waals surface area contributed by atoms with E-state index in [1.165, 1.54) is 0 Å². The van der Waals surface area contributed by atoms with Crippen molar-refractivity contribution in [1.29, 1.82) is 0 Å². The Bertz CT molecular complexity index is 390. The van der Waals surface area contributed by atoms with Gasteiger partial charge in [0.05, 0.1) is 11.9 Å². The first-order valence-electron chi connectivity index (χ1n) is 5.96. The fourth-order valence-electron chi connectivity index (χ4n) is 2.20. The van der Waals surface area contributed by atoms with E-state index in [0.29, 0.717) is 5.69 Å². The van der Waals surface area contributed by atoms with Gasteiger partial charge in [0.25, 0.3) is 5.91 Å². The summed E-state index contributed by atoms with van der Waals surface area (Å²) in [5, 5.41) is 3.13. The molecule has 0 saturated carbocycles. The lowest BCUT2D eigenvalue weighted by Gasteiger charge is -2.23. The third kappa shape index (κ3) is 2.61. The highest BCUT2D eigenvalue weighted by atomic mass is 16.2. The molecule has 5 nitrogen and oxygen atoms in total. The van der Waals surface area contributed by atoms with Crippen LogP contribution in [0.15, 0.2) is 12.4 Å². The summed E-state index contributed by atoms with van der Waals surface area (Å²) < 4.78 is 0. The summed E-state index contributed by atoms with van der Waals surface area (Å²) in [6.07, 6.45) is 5.33. The first-order valence-corrected chi connectivity index (χ1v) is 5.96. The number of carbonyl (C=O) groups is 1. The number of nitrogens with one attached hydrogen (secondary N) is 1. The van der Waals surface area contributed by atoms with Crippen molar-refractivity contribution in [2.75, 3.05) is 20.1 Å². The number of rotatable bonds is 3. The Morgan fingerprint density at radius 1 is 1.53 bits per heavy atom. The number of amides is 1. The number of hydrogen-bond acceptors (Lipinski definition) is 4. The number of aromatic nitrogens is 2. The molecule has 1 atom stereocenters. The molecule has 2 heterocycles. The predicted octanol–water partition coefficient (Wildman–Crippen LogP) is 0.609. The first-order chi connectivity index (χ1) is 8.22. The van der Waals surface area contributed by atoms with Gasteiger partial charge in [-0.2, -0.15) is 0 Å². The van der Waals surface area contributed by atoms with E-state index in [0.717, 1.165) is 31.6 Å². The van der Waals surface area contributed by atoms with Gasteiger partial charge in [0, 0.05) is 25.3 Å². The molecule has 1 aliphatic heterocycles. The van der Waals surface area contributed by atoms with Gasteiger partial charge in [-0.05, 0) is 26.8 Å². The highest BCUT2D eigenvalue weighted by Gasteiger charge is 2.29. The van der Waals surface area contributed by atoms with Gasteiger partial charge < -0.3 is 10.2 Å². The molecule has 1 aromatic rings. The second-order valence-electron chi connectivity index (χ2n) is 4.40. The Balaban J connectivity index is 2.11. The minimum Gasteiger partial charge on any atom is -0.333 e. The van der Waals surface area contributed by atoms with Crippen molar-refractivity contribution in [3.05, 3.63) is 23.8 Å². The molecule has 1 N–H and O–H groups in total. The highest BCUT2D eigenvalue weighted by molar-refractivity contribution is 5.92. The van der Waals surface area contributed by atoms with E-state index in [1.54, 1.807) is 12.4 Å². The zero-order valence-electron chi connectivity index (χ0n) is 10.3. The molecule has 1 saturated heterocycles. The summed E-state index contributed by atoms with van der Waals surface area (Å²) in [5.41, 5.74) is 1.27. The third-order valence-corrected chi connectivity index (χ3v) is 3.08. The molecule has 1 amide bonds. The molecule has 0 bridgehead atoms. The smallest absolute Gasteiger partial charge is 0.274 e. The summed E-state index contributed by atoms with van der Waals surface area (Å²) in [6, 6.07) is 0.288.